The van der Waals surface area contributed by atoms with Crippen LogP contribution in [-0.2, 0) is 20.6 Å². The van der Waals surface area contributed by atoms with Gasteiger partial charge in [-0.2, -0.15) is 0 Å². The van der Waals surface area contributed by atoms with E-state index in [1.807, 2.05) is 0 Å². The largest absolute Gasteiger partial charge is 0.508 e. The second-order valence-electron chi connectivity index (χ2n) is 10.0. The number of carbonyl (C=O) groups is 1. The molecule has 10 atom stereocenters. The molecule has 2 aliphatic heterocycles. The first kappa shape index (κ1) is 30.9. The third-order valence-corrected chi connectivity index (χ3v) is 7.10. The van der Waals surface area contributed by atoms with Crippen molar-refractivity contribution in [1.29, 1.82) is 0 Å². The molecule has 0 aliphatic carbocycles. The maximum atomic E-state index is 12.7. The van der Waals surface area contributed by atoms with Crippen LogP contribution in [-0.4, -0.2) is 120 Å². The summed E-state index contributed by atoms with van der Waals surface area (Å²) < 4.78 is 22.2. The fraction of sp³-hybridized carbons (Fsp3) is 0.519. The van der Waals surface area contributed by atoms with Crippen LogP contribution in [0.1, 0.15) is 29.3 Å². The topological polar surface area (TPSA) is 236 Å². The Morgan fingerprint density at radius 2 is 1.46 bits per heavy atom. The Morgan fingerprint density at radius 1 is 0.829 bits per heavy atom. The zero-order valence-corrected chi connectivity index (χ0v) is 21.9. The molecule has 2 heterocycles. The first-order valence-electron chi connectivity index (χ1n) is 12.9. The number of ether oxygens (including phenoxy) is 4. The predicted molar refractivity (Wildman–Crippen MR) is 136 cm³/mol. The Bertz CT molecular complexity index is 1170. The Morgan fingerprint density at radius 3 is 2.07 bits per heavy atom. The number of benzene rings is 2. The zero-order valence-electron chi connectivity index (χ0n) is 21.9. The average Bonchev–Trinajstić information content (AvgIpc) is 2.93. The van der Waals surface area contributed by atoms with E-state index in [1.165, 1.54) is 19.1 Å². The number of hydrogen-bond donors (Lipinski definition) is 9. The molecule has 9 N–H and O–H groups in total. The lowest BCUT2D eigenvalue weighted by atomic mass is 9.97. The van der Waals surface area contributed by atoms with Crippen molar-refractivity contribution in [2.75, 3.05) is 6.61 Å². The van der Waals surface area contributed by atoms with Crippen molar-refractivity contribution in [3.05, 3.63) is 47.5 Å². The first-order chi connectivity index (χ1) is 19.4. The molecule has 2 aliphatic rings. The molecule has 226 valence electrons. The molecule has 0 bridgehead atoms. The number of phenolic OH excluding ortho intramolecular Hbond substituents is 3. The van der Waals surface area contributed by atoms with Crippen molar-refractivity contribution >= 4 is 5.78 Å². The summed E-state index contributed by atoms with van der Waals surface area (Å²) in [5.74, 6) is -2.00. The second-order valence-corrected chi connectivity index (χ2v) is 10.0. The van der Waals surface area contributed by atoms with Crippen molar-refractivity contribution in [2.24, 2.45) is 0 Å². The van der Waals surface area contributed by atoms with Crippen LogP contribution < -0.4 is 4.74 Å². The third kappa shape index (κ3) is 6.72. The fourth-order valence-electron chi connectivity index (χ4n) is 4.70. The standard InChI is InChI=1S/C27H34O14/c1-11-20(33)22(35)24(37)26(38-11)41-25-23(36)21(34)18(10-28)40-27(25)39-14-8-16(31)19(17(32)9-14)15(30)7-4-12-2-5-13(29)6-3-12/h2-3,5-6,8-9,11,18,20-29,31-37H,4,7,10H2,1H3/t11-,18+,20+,21+,22+,23-,24-,25+,26+,27+/m1/s1. The summed E-state index contributed by atoms with van der Waals surface area (Å²) in [6, 6.07) is 8.22. The van der Waals surface area contributed by atoms with Crippen molar-refractivity contribution in [2.45, 2.75) is 81.2 Å². The first-order valence-corrected chi connectivity index (χ1v) is 12.9. The monoisotopic (exact) mass is 582 g/mol. The van der Waals surface area contributed by atoms with E-state index in [1.54, 1.807) is 12.1 Å². The maximum Gasteiger partial charge on any atom is 0.229 e. The number of ketones is 1. The molecule has 4 rings (SSSR count). The maximum absolute atomic E-state index is 12.7. The van der Waals surface area contributed by atoms with Gasteiger partial charge in [-0.3, -0.25) is 4.79 Å². The number of aromatic hydroxyl groups is 3. The molecule has 14 heteroatoms. The van der Waals surface area contributed by atoms with Crippen LogP contribution in [0.4, 0.5) is 0 Å². The lowest BCUT2D eigenvalue weighted by Crippen LogP contribution is -2.64. The van der Waals surface area contributed by atoms with E-state index in [4.69, 9.17) is 18.9 Å². The molecule has 2 aromatic carbocycles. The molecule has 0 aromatic heterocycles. The van der Waals surface area contributed by atoms with Gasteiger partial charge in [0.05, 0.1) is 12.7 Å². The normalized spacial score (nSPS) is 33.8. The molecule has 0 amide bonds. The van der Waals surface area contributed by atoms with Crippen LogP contribution in [0.15, 0.2) is 36.4 Å². The summed E-state index contributed by atoms with van der Waals surface area (Å²) in [6.07, 6.45) is -15.3. The van der Waals surface area contributed by atoms with Gasteiger partial charge in [0.2, 0.25) is 6.29 Å². The number of carbonyl (C=O) groups excluding carboxylic acids is 1. The number of aryl methyl sites for hydroxylation is 1. The van der Waals surface area contributed by atoms with Crippen LogP contribution in [0, 0.1) is 0 Å². The molecule has 0 saturated carbocycles. The van der Waals surface area contributed by atoms with Crippen LogP contribution in [0.2, 0.25) is 0 Å². The SMILES string of the molecule is C[C@H]1O[C@@H](O[C@@H]2[C@@H](Oc3cc(O)c(C(=O)CCc4ccc(O)cc4)c(O)c3)O[C@@H](CO)[C@H](O)[C@H]2O)[C@H](O)[C@@H](O)[C@H]1O. The molecule has 2 aromatic rings. The van der Waals surface area contributed by atoms with E-state index in [2.05, 4.69) is 0 Å². The number of aliphatic hydroxyl groups excluding tert-OH is 6. The number of Topliss-reactive ketones (excluding diaryl/α,β-unsaturated/α-hetero) is 1. The summed E-state index contributed by atoms with van der Waals surface area (Å²) in [6.45, 7) is 0.675. The van der Waals surface area contributed by atoms with Gasteiger partial charge >= 0.3 is 0 Å². The summed E-state index contributed by atoms with van der Waals surface area (Å²) in [5.41, 5.74) is 0.385. The van der Waals surface area contributed by atoms with Gasteiger partial charge in [-0.25, -0.2) is 0 Å². The van der Waals surface area contributed by atoms with E-state index < -0.39 is 85.3 Å². The number of phenols is 3. The summed E-state index contributed by atoms with van der Waals surface area (Å²) in [4.78, 5) is 12.7. The predicted octanol–water partition coefficient (Wildman–Crippen LogP) is -1.35. The minimum absolute atomic E-state index is 0.0706. The van der Waals surface area contributed by atoms with Gasteiger partial charge in [0.1, 0.15) is 65.2 Å². The van der Waals surface area contributed by atoms with E-state index in [-0.39, 0.29) is 29.9 Å². The highest BCUT2D eigenvalue weighted by molar-refractivity contribution is 6.01. The molecular weight excluding hydrogens is 548 g/mol. The summed E-state index contributed by atoms with van der Waals surface area (Å²) >= 11 is 0. The van der Waals surface area contributed by atoms with E-state index in [9.17, 15) is 50.8 Å². The lowest BCUT2D eigenvalue weighted by Gasteiger charge is -2.45. The van der Waals surface area contributed by atoms with E-state index in [0.29, 0.717) is 0 Å². The zero-order chi connectivity index (χ0) is 30.0. The molecule has 0 spiro atoms. The van der Waals surface area contributed by atoms with Crippen molar-refractivity contribution < 1.29 is 69.7 Å². The second kappa shape index (κ2) is 12.9. The van der Waals surface area contributed by atoms with Crippen LogP contribution in [0.3, 0.4) is 0 Å². The van der Waals surface area contributed by atoms with E-state index in [0.717, 1.165) is 17.7 Å². The van der Waals surface area contributed by atoms with Crippen LogP contribution >= 0.6 is 0 Å². The molecular formula is C27H34O14. The van der Waals surface area contributed by atoms with Crippen molar-refractivity contribution in [3.63, 3.8) is 0 Å². The molecule has 2 saturated heterocycles. The minimum Gasteiger partial charge on any atom is -0.508 e. The van der Waals surface area contributed by atoms with Crippen molar-refractivity contribution in [1.82, 2.24) is 0 Å². The van der Waals surface area contributed by atoms with Gasteiger partial charge in [0, 0.05) is 18.6 Å². The van der Waals surface area contributed by atoms with Crippen LogP contribution in [0.5, 0.6) is 23.0 Å². The van der Waals surface area contributed by atoms with Gasteiger partial charge in [-0.05, 0) is 31.0 Å². The minimum atomic E-state index is -1.77. The van der Waals surface area contributed by atoms with Crippen molar-refractivity contribution in [3.8, 4) is 23.0 Å². The highest BCUT2D eigenvalue weighted by Crippen LogP contribution is 2.36. The highest BCUT2D eigenvalue weighted by atomic mass is 16.8. The Labute approximate surface area is 234 Å². The van der Waals surface area contributed by atoms with Crippen LogP contribution in [0.25, 0.3) is 0 Å². The Hall–Kier alpha value is -3.05. The smallest absolute Gasteiger partial charge is 0.229 e. The fourth-order valence-corrected chi connectivity index (χ4v) is 4.70. The molecule has 2 fully saturated rings. The summed E-state index contributed by atoms with van der Waals surface area (Å²) in [5, 5.41) is 91.5. The van der Waals surface area contributed by atoms with Gasteiger partial charge in [0.15, 0.2) is 18.2 Å². The number of hydrogen-bond acceptors (Lipinski definition) is 14. The number of aliphatic hydroxyl groups is 6. The van der Waals surface area contributed by atoms with E-state index >= 15 is 0 Å². The van der Waals surface area contributed by atoms with Gasteiger partial charge < -0.3 is 64.9 Å². The Kier molecular flexibility index (Phi) is 9.69. The highest BCUT2D eigenvalue weighted by Gasteiger charge is 2.51. The quantitative estimate of drug-likeness (QED) is 0.156. The molecule has 41 heavy (non-hydrogen) atoms. The third-order valence-electron chi connectivity index (χ3n) is 7.10. The number of rotatable bonds is 9. The lowest BCUT2D eigenvalue weighted by molar-refractivity contribution is -0.354. The molecule has 14 nitrogen and oxygen atoms in total. The van der Waals surface area contributed by atoms with Gasteiger partial charge in [-0.15, -0.1) is 0 Å². The average molecular weight is 583 g/mol. The van der Waals surface area contributed by atoms with Gasteiger partial charge in [0.25, 0.3) is 0 Å². The van der Waals surface area contributed by atoms with Gasteiger partial charge in [-0.1, -0.05) is 12.1 Å². The Balaban J connectivity index is 1.52. The molecule has 0 radical (unpaired) electrons. The summed E-state index contributed by atoms with van der Waals surface area (Å²) in [7, 11) is 0. The molecule has 0 unspecified atom stereocenters.